The van der Waals surface area contributed by atoms with Crippen molar-refractivity contribution in [3.8, 4) is 27.6 Å². The average molecular weight is 912 g/mol. The first-order chi connectivity index (χ1) is 27.6. The van der Waals surface area contributed by atoms with Crippen molar-refractivity contribution >= 4 is 64.3 Å². The van der Waals surface area contributed by atoms with Gasteiger partial charge in [-0.25, -0.2) is 40.6 Å². The Bertz CT molecular complexity index is 2610. The van der Waals surface area contributed by atoms with Crippen molar-refractivity contribution in [2.45, 2.75) is 31.6 Å². The second-order valence-electron chi connectivity index (χ2n) is 14.0. The molecule has 1 saturated heterocycles. The molecular weight excluding hydrogens is 865 g/mol. The number of hydrogen-bond acceptors (Lipinski definition) is 14. The van der Waals surface area contributed by atoms with Crippen molar-refractivity contribution in [3.05, 3.63) is 89.1 Å². The Morgan fingerprint density at radius 3 is 2.15 bits per heavy atom. The van der Waals surface area contributed by atoms with E-state index in [1.807, 2.05) is 32.9 Å². The van der Waals surface area contributed by atoms with Crippen LogP contribution in [0.4, 0.5) is 31.8 Å². The van der Waals surface area contributed by atoms with E-state index in [0.29, 0.717) is 47.1 Å². The van der Waals surface area contributed by atoms with Crippen LogP contribution in [-0.4, -0.2) is 113 Å². The van der Waals surface area contributed by atoms with E-state index in [9.17, 15) is 34.0 Å². The molecule has 0 spiro atoms. The third-order valence-corrected chi connectivity index (χ3v) is 12.6. The molecular formula is C38H47F2N7O9S4. The summed E-state index contributed by atoms with van der Waals surface area (Å²) in [6, 6.07) is 15.0. The number of sulfone groups is 1. The van der Waals surface area contributed by atoms with E-state index >= 15 is 0 Å². The van der Waals surface area contributed by atoms with Crippen molar-refractivity contribution in [3.63, 3.8) is 0 Å². The summed E-state index contributed by atoms with van der Waals surface area (Å²) in [5.41, 5.74) is 4.51. The molecule has 0 amide bonds. The van der Waals surface area contributed by atoms with Gasteiger partial charge in [-0.2, -0.15) is 8.42 Å². The molecule has 0 radical (unpaired) electrons. The molecule has 5 N–H and O–H groups in total. The zero-order valence-corrected chi connectivity index (χ0v) is 36.9. The van der Waals surface area contributed by atoms with Crippen LogP contribution in [0, 0.1) is 18.6 Å². The van der Waals surface area contributed by atoms with Crippen molar-refractivity contribution in [2.75, 3.05) is 73.0 Å². The van der Waals surface area contributed by atoms with Crippen molar-refractivity contribution in [2.24, 2.45) is 0 Å². The van der Waals surface area contributed by atoms with E-state index < -0.39 is 46.5 Å². The van der Waals surface area contributed by atoms with Gasteiger partial charge >= 0.3 is 0 Å². The molecule has 22 heteroatoms. The number of thiazole rings is 1. The predicted molar refractivity (Wildman–Crippen MR) is 230 cm³/mol. The summed E-state index contributed by atoms with van der Waals surface area (Å²) in [5, 5.41) is 4.14. The van der Waals surface area contributed by atoms with E-state index in [2.05, 4.69) is 24.8 Å². The summed E-state index contributed by atoms with van der Waals surface area (Å²) >= 11 is 1.45. The molecule has 0 aliphatic carbocycles. The second kappa shape index (κ2) is 19.7. The number of piperazine rings is 1. The molecule has 0 saturated carbocycles. The lowest BCUT2D eigenvalue weighted by molar-refractivity contribution is 0.272. The van der Waals surface area contributed by atoms with E-state index in [-0.39, 0.29) is 22.8 Å². The van der Waals surface area contributed by atoms with E-state index in [1.54, 1.807) is 37.6 Å². The van der Waals surface area contributed by atoms with Gasteiger partial charge in [0.2, 0.25) is 5.95 Å². The molecule has 0 atom stereocenters. The Labute approximate surface area is 352 Å². The number of benzene rings is 3. The first kappa shape index (κ1) is 47.8. The Morgan fingerprint density at radius 1 is 0.917 bits per heavy atom. The van der Waals surface area contributed by atoms with Crippen molar-refractivity contribution < 1.29 is 48.8 Å². The first-order valence-electron chi connectivity index (χ1n) is 18.1. The molecule has 16 nitrogen and oxygen atoms in total. The molecule has 2 aromatic heterocycles. The average Bonchev–Trinajstić information content (AvgIpc) is 3.60. The largest absolute Gasteiger partial charge is 0.494 e. The number of methoxy groups -OCH3 is 1. The molecule has 0 unspecified atom stereocenters. The number of ether oxygens (including phenoxy) is 1. The summed E-state index contributed by atoms with van der Waals surface area (Å²) in [6.45, 7) is 9.58. The summed E-state index contributed by atoms with van der Waals surface area (Å²) in [5.74, 6) is -1.26. The summed E-state index contributed by atoms with van der Waals surface area (Å²) in [4.78, 5) is 18.3. The standard InChI is InChI=1S/C37H41F2N7O5S3.CH4O3S.H2O/c1-23(2)36-43-33(25-8-6-9-26(21-25)44-54(49,50)35-27(38)10-7-11-28(35)39)34(52-36)29-12-13-40-37(41-29)42-30-20-24(3)31(22-32(30)51-4)46-16-14-45(15-17-46)18-19-53(5,47)48;1-5(2,3)4;/h6-13,20-23,44H,14-19H2,1-5H3,(H,40,41,42);1H3,(H,2,3,4);1H2. The minimum atomic E-state index is -4.59. The normalized spacial score (nSPS) is 13.6. The highest BCUT2D eigenvalue weighted by Gasteiger charge is 2.26. The van der Waals surface area contributed by atoms with Gasteiger partial charge in [-0.15, -0.1) is 11.3 Å². The lowest BCUT2D eigenvalue weighted by atomic mass is 10.1. The minimum Gasteiger partial charge on any atom is -0.494 e. The van der Waals surface area contributed by atoms with Crippen molar-refractivity contribution in [1.29, 1.82) is 0 Å². The molecule has 5 aromatic rings. The number of sulfonamides is 1. The van der Waals surface area contributed by atoms with Gasteiger partial charge in [-0.05, 0) is 48.9 Å². The molecule has 326 valence electrons. The van der Waals surface area contributed by atoms with Gasteiger partial charge in [0.05, 0.1) is 46.1 Å². The topological polar surface area (TPSA) is 233 Å². The van der Waals surface area contributed by atoms with Gasteiger partial charge in [0.1, 0.15) is 27.2 Å². The van der Waals surface area contributed by atoms with E-state index in [0.717, 1.165) is 65.5 Å². The number of hydrogen-bond donors (Lipinski definition) is 3. The van der Waals surface area contributed by atoms with Crippen LogP contribution >= 0.6 is 11.3 Å². The highest BCUT2D eigenvalue weighted by atomic mass is 32.2. The van der Waals surface area contributed by atoms with Gasteiger partial charge < -0.3 is 20.4 Å². The number of halogens is 2. The van der Waals surface area contributed by atoms with E-state index in [1.165, 1.54) is 23.7 Å². The fourth-order valence-corrected chi connectivity index (χ4v) is 8.92. The number of aromatic nitrogens is 3. The lowest BCUT2D eigenvalue weighted by Crippen LogP contribution is -2.47. The summed E-state index contributed by atoms with van der Waals surface area (Å²) in [6.07, 6.45) is 3.61. The van der Waals surface area contributed by atoms with Crippen LogP contribution in [0.25, 0.3) is 21.8 Å². The lowest BCUT2D eigenvalue weighted by Gasteiger charge is -2.37. The molecule has 0 bridgehead atoms. The molecule has 1 fully saturated rings. The van der Waals surface area contributed by atoms with Crippen LogP contribution in [0.5, 0.6) is 5.75 Å². The summed E-state index contributed by atoms with van der Waals surface area (Å²) < 4.78 is 112. The monoisotopic (exact) mass is 911 g/mol. The number of rotatable bonds is 13. The maximum Gasteiger partial charge on any atom is 0.267 e. The zero-order chi connectivity index (χ0) is 43.3. The minimum absolute atomic E-state index is 0. The number of nitrogens with zero attached hydrogens (tertiary/aromatic N) is 5. The van der Waals surface area contributed by atoms with Crippen LogP contribution in [0.2, 0.25) is 0 Å². The molecule has 1 aliphatic heterocycles. The second-order valence-corrected chi connectivity index (χ2v) is 20.4. The van der Waals surface area contributed by atoms with Crippen LogP contribution in [-0.2, 0) is 30.0 Å². The van der Waals surface area contributed by atoms with Crippen LogP contribution in [0.15, 0.2) is 71.8 Å². The first-order valence-corrected chi connectivity index (χ1v) is 24.3. The maximum absolute atomic E-state index is 14.4. The Balaban J connectivity index is 0.00000125. The number of aryl methyl sites for hydroxylation is 1. The quantitative estimate of drug-likeness (QED) is 0.126. The molecule has 60 heavy (non-hydrogen) atoms. The van der Waals surface area contributed by atoms with Gasteiger partial charge in [-0.1, -0.05) is 32.0 Å². The van der Waals surface area contributed by atoms with Crippen molar-refractivity contribution in [1.82, 2.24) is 19.9 Å². The Hall–Kier alpha value is -4.84. The molecule has 3 aromatic carbocycles. The van der Waals surface area contributed by atoms with Crippen LogP contribution < -0.4 is 19.7 Å². The molecule has 6 rings (SSSR count). The van der Waals surface area contributed by atoms with Crippen LogP contribution in [0.1, 0.15) is 30.3 Å². The SMILES string of the molecule is COc1cc(N2CCN(CCS(C)(=O)=O)CC2)c(C)cc1Nc1nccc(-c2sc(C(C)C)nc2-c2cccc(NS(=O)(=O)c3c(F)cccc3F)c2)n1.CS(=O)(=O)O.O. The Kier molecular flexibility index (Phi) is 15.7. The fourth-order valence-electron chi connectivity index (χ4n) is 6.09. The highest BCUT2D eigenvalue weighted by molar-refractivity contribution is 7.92. The smallest absolute Gasteiger partial charge is 0.267 e. The van der Waals surface area contributed by atoms with Gasteiger partial charge in [0, 0.05) is 74.1 Å². The fraction of sp³-hybridized carbons (Fsp3) is 0.342. The van der Waals surface area contributed by atoms with Crippen LogP contribution in [0.3, 0.4) is 0 Å². The zero-order valence-electron chi connectivity index (χ0n) is 33.6. The number of nitrogens with one attached hydrogen (secondary N) is 2. The summed E-state index contributed by atoms with van der Waals surface area (Å²) in [7, 11) is -9.68. The Morgan fingerprint density at radius 2 is 1.55 bits per heavy atom. The molecule has 1 aliphatic rings. The van der Waals surface area contributed by atoms with Gasteiger partial charge in [0.25, 0.3) is 20.1 Å². The third kappa shape index (κ3) is 12.8. The molecule has 3 heterocycles. The predicted octanol–water partition coefficient (Wildman–Crippen LogP) is 5.38. The van der Waals surface area contributed by atoms with E-state index in [4.69, 9.17) is 19.3 Å². The van der Waals surface area contributed by atoms with Gasteiger partial charge in [-0.3, -0.25) is 14.2 Å². The van der Waals surface area contributed by atoms with Gasteiger partial charge in [0.15, 0.2) is 4.90 Å². The third-order valence-electron chi connectivity index (χ3n) is 8.86. The highest BCUT2D eigenvalue weighted by Crippen LogP contribution is 2.40. The number of anilines is 4. The maximum atomic E-state index is 14.4.